The van der Waals surface area contributed by atoms with Gasteiger partial charge in [0.1, 0.15) is 11.4 Å². The van der Waals surface area contributed by atoms with Crippen LogP contribution in [0.3, 0.4) is 0 Å². The third-order valence-electron chi connectivity index (χ3n) is 2.60. The van der Waals surface area contributed by atoms with E-state index >= 15 is 0 Å². The van der Waals surface area contributed by atoms with E-state index in [1.165, 1.54) is 12.3 Å². The van der Waals surface area contributed by atoms with Gasteiger partial charge in [0.25, 0.3) is 0 Å². The molecule has 120 valence electrons. The van der Waals surface area contributed by atoms with Crippen LogP contribution in [0.25, 0.3) is 10.9 Å². The van der Waals surface area contributed by atoms with Gasteiger partial charge >= 0.3 is 12.3 Å². The number of rotatable bonds is 3. The Kier molecular flexibility index (Phi) is 4.04. The molecule has 1 heterocycles. The number of nitrogens with zero attached hydrogens (tertiary/aromatic N) is 1. The molecule has 1 aromatic heterocycles. The van der Waals surface area contributed by atoms with Crippen molar-refractivity contribution in [1.29, 1.82) is 0 Å². The quantitative estimate of drug-likeness (QED) is 0.882. The molecule has 0 radical (unpaired) electrons. The minimum absolute atomic E-state index is 0.0838. The standard InChI is InChI=1S/C14H15F3N2O3/c1-13(2,3)22-12(20)5-8-4-9-7-18-19-10(9)6-11(8)21-14(15,16)17/h4,6-7H,5H2,1-3H3,(H,18,19). The maximum Gasteiger partial charge on any atom is 0.573 e. The van der Waals surface area contributed by atoms with Crippen LogP contribution in [0.1, 0.15) is 26.3 Å². The molecule has 0 aliphatic carbocycles. The Bertz CT molecular complexity index is 687. The second-order valence-corrected chi connectivity index (χ2v) is 5.73. The zero-order chi connectivity index (χ0) is 16.5. The van der Waals surface area contributed by atoms with Crippen LogP contribution in [0, 0.1) is 0 Å². The van der Waals surface area contributed by atoms with Gasteiger partial charge in [-0.25, -0.2) is 0 Å². The molecular weight excluding hydrogens is 301 g/mol. The number of ether oxygens (including phenoxy) is 2. The summed E-state index contributed by atoms with van der Waals surface area (Å²) in [5, 5.41) is 6.87. The van der Waals surface area contributed by atoms with Gasteiger partial charge in [-0.3, -0.25) is 9.89 Å². The Balaban J connectivity index is 2.33. The fourth-order valence-electron chi connectivity index (χ4n) is 1.91. The summed E-state index contributed by atoms with van der Waals surface area (Å²) < 4.78 is 46.6. The number of carbonyl (C=O) groups is 1. The second kappa shape index (κ2) is 5.51. The summed E-state index contributed by atoms with van der Waals surface area (Å²) in [6, 6.07) is 2.58. The number of esters is 1. The largest absolute Gasteiger partial charge is 0.573 e. The van der Waals surface area contributed by atoms with Gasteiger partial charge in [0, 0.05) is 17.0 Å². The molecule has 2 rings (SSSR count). The number of aromatic amines is 1. The van der Waals surface area contributed by atoms with Crippen molar-refractivity contribution in [3.8, 4) is 5.75 Å². The normalized spacial score (nSPS) is 12.5. The number of halogens is 3. The zero-order valence-electron chi connectivity index (χ0n) is 12.2. The minimum atomic E-state index is -4.85. The number of alkyl halides is 3. The van der Waals surface area contributed by atoms with E-state index in [4.69, 9.17) is 4.74 Å². The highest BCUT2D eigenvalue weighted by Gasteiger charge is 2.33. The first-order valence-electron chi connectivity index (χ1n) is 6.47. The van der Waals surface area contributed by atoms with Crippen molar-refractivity contribution in [2.24, 2.45) is 0 Å². The molecule has 0 amide bonds. The predicted molar refractivity (Wildman–Crippen MR) is 72.3 cm³/mol. The Hall–Kier alpha value is -2.25. The number of fused-ring (bicyclic) bond motifs is 1. The lowest BCUT2D eigenvalue weighted by atomic mass is 10.1. The monoisotopic (exact) mass is 316 g/mol. The summed E-state index contributed by atoms with van der Waals surface area (Å²) in [5.41, 5.74) is -0.255. The van der Waals surface area contributed by atoms with E-state index in [0.717, 1.165) is 6.07 Å². The minimum Gasteiger partial charge on any atom is -0.460 e. The topological polar surface area (TPSA) is 64.2 Å². The van der Waals surface area contributed by atoms with Crippen molar-refractivity contribution < 1.29 is 27.4 Å². The van der Waals surface area contributed by atoms with Crippen LogP contribution in [0.4, 0.5) is 13.2 Å². The van der Waals surface area contributed by atoms with Crippen LogP contribution in [0.5, 0.6) is 5.75 Å². The summed E-state index contributed by atoms with van der Waals surface area (Å²) in [7, 11) is 0. The van der Waals surface area contributed by atoms with E-state index in [2.05, 4.69) is 14.9 Å². The zero-order valence-corrected chi connectivity index (χ0v) is 12.2. The van der Waals surface area contributed by atoms with E-state index in [9.17, 15) is 18.0 Å². The van der Waals surface area contributed by atoms with E-state index in [-0.39, 0.29) is 12.0 Å². The molecule has 0 atom stereocenters. The molecule has 0 aliphatic heterocycles. The Morgan fingerprint density at radius 1 is 1.27 bits per heavy atom. The van der Waals surface area contributed by atoms with Crippen molar-refractivity contribution in [3.05, 3.63) is 23.9 Å². The van der Waals surface area contributed by atoms with Crippen LogP contribution in [-0.4, -0.2) is 28.1 Å². The number of nitrogens with one attached hydrogen (secondary N) is 1. The van der Waals surface area contributed by atoms with Crippen LogP contribution in [0.15, 0.2) is 18.3 Å². The SMILES string of the molecule is CC(C)(C)OC(=O)Cc1cc2cn[nH]c2cc1OC(F)(F)F. The number of hydrogen-bond donors (Lipinski definition) is 1. The smallest absolute Gasteiger partial charge is 0.460 e. The van der Waals surface area contributed by atoms with Gasteiger partial charge in [-0.05, 0) is 26.8 Å². The lowest BCUT2D eigenvalue weighted by molar-refractivity contribution is -0.274. The van der Waals surface area contributed by atoms with Gasteiger partial charge < -0.3 is 9.47 Å². The number of carbonyl (C=O) groups excluding carboxylic acids is 1. The first-order chi connectivity index (χ1) is 10.0. The first-order valence-corrected chi connectivity index (χ1v) is 6.47. The van der Waals surface area contributed by atoms with Gasteiger partial charge in [0.15, 0.2) is 0 Å². The third kappa shape index (κ3) is 4.37. The maximum atomic E-state index is 12.5. The Labute approximate surface area is 124 Å². The number of hydrogen-bond acceptors (Lipinski definition) is 4. The van der Waals surface area contributed by atoms with Gasteiger partial charge in [-0.15, -0.1) is 13.2 Å². The Morgan fingerprint density at radius 3 is 2.55 bits per heavy atom. The second-order valence-electron chi connectivity index (χ2n) is 5.73. The fraction of sp³-hybridized carbons (Fsp3) is 0.429. The van der Waals surface area contributed by atoms with E-state index in [1.807, 2.05) is 0 Å². The summed E-state index contributed by atoms with van der Waals surface area (Å²) in [5.74, 6) is -1.09. The summed E-state index contributed by atoms with van der Waals surface area (Å²) >= 11 is 0. The molecule has 0 fully saturated rings. The summed E-state index contributed by atoms with van der Waals surface area (Å²) in [4.78, 5) is 11.8. The van der Waals surface area contributed by atoms with E-state index in [0.29, 0.717) is 10.9 Å². The molecule has 0 saturated heterocycles. The molecule has 8 heteroatoms. The maximum absolute atomic E-state index is 12.5. The fourth-order valence-corrected chi connectivity index (χ4v) is 1.91. The molecule has 0 aliphatic rings. The van der Waals surface area contributed by atoms with Gasteiger partial charge in [0.2, 0.25) is 0 Å². The number of aromatic nitrogens is 2. The first kappa shape index (κ1) is 16.1. The molecule has 1 N–H and O–H groups in total. The molecule has 0 saturated carbocycles. The predicted octanol–water partition coefficient (Wildman–Crippen LogP) is 3.35. The van der Waals surface area contributed by atoms with Gasteiger partial charge in [-0.1, -0.05) is 0 Å². The van der Waals surface area contributed by atoms with Crippen molar-refractivity contribution in [2.45, 2.75) is 39.2 Å². The highest BCUT2D eigenvalue weighted by Crippen LogP contribution is 2.30. The average molecular weight is 316 g/mol. The van der Waals surface area contributed by atoms with Crippen molar-refractivity contribution >= 4 is 16.9 Å². The highest BCUT2D eigenvalue weighted by atomic mass is 19.4. The van der Waals surface area contributed by atoms with Crippen LogP contribution in [0.2, 0.25) is 0 Å². The molecule has 2 aromatic rings. The van der Waals surface area contributed by atoms with Crippen molar-refractivity contribution in [2.75, 3.05) is 0 Å². The molecule has 0 spiro atoms. The molecule has 0 unspecified atom stereocenters. The van der Waals surface area contributed by atoms with Crippen molar-refractivity contribution in [1.82, 2.24) is 10.2 Å². The van der Waals surface area contributed by atoms with Crippen LogP contribution in [-0.2, 0) is 16.0 Å². The summed E-state index contributed by atoms with van der Waals surface area (Å²) in [6.07, 6.45) is -3.73. The highest BCUT2D eigenvalue weighted by molar-refractivity contribution is 5.83. The molecule has 22 heavy (non-hydrogen) atoms. The Morgan fingerprint density at radius 2 is 1.95 bits per heavy atom. The molecule has 5 nitrogen and oxygen atoms in total. The number of benzene rings is 1. The van der Waals surface area contributed by atoms with Gasteiger partial charge in [0.05, 0.1) is 18.1 Å². The van der Waals surface area contributed by atoms with Crippen LogP contribution >= 0.6 is 0 Å². The number of H-pyrrole nitrogens is 1. The average Bonchev–Trinajstić information content (AvgIpc) is 2.71. The molecular formula is C14H15F3N2O3. The van der Waals surface area contributed by atoms with E-state index in [1.54, 1.807) is 20.8 Å². The molecule has 0 bridgehead atoms. The summed E-state index contributed by atoms with van der Waals surface area (Å²) in [6.45, 7) is 5.03. The molecule has 1 aromatic carbocycles. The lowest BCUT2D eigenvalue weighted by Gasteiger charge is -2.20. The lowest BCUT2D eigenvalue weighted by Crippen LogP contribution is -2.25. The third-order valence-corrected chi connectivity index (χ3v) is 2.60. The van der Waals surface area contributed by atoms with Crippen molar-refractivity contribution in [3.63, 3.8) is 0 Å². The van der Waals surface area contributed by atoms with Crippen LogP contribution < -0.4 is 4.74 Å². The van der Waals surface area contributed by atoms with E-state index < -0.39 is 23.7 Å². The van der Waals surface area contributed by atoms with Gasteiger partial charge in [-0.2, -0.15) is 5.10 Å².